The number of hydrogen-bond acceptors (Lipinski definition) is 7. The minimum atomic E-state index is -0.406. The van der Waals surface area contributed by atoms with Crippen molar-refractivity contribution in [2.24, 2.45) is 0 Å². The van der Waals surface area contributed by atoms with Gasteiger partial charge in [0.15, 0.2) is 5.82 Å². The minimum absolute atomic E-state index is 0.379. The van der Waals surface area contributed by atoms with Crippen LogP contribution in [0, 0.1) is 6.92 Å². The third-order valence-electron chi connectivity index (χ3n) is 2.42. The van der Waals surface area contributed by atoms with Gasteiger partial charge in [0, 0.05) is 12.4 Å². The van der Waals surface area contributed by atoms with Crippen LogP contribution >= 0.6 is 11.8 Å². The van der Waals surface area contributed by atoms with E-state index in [4.69, 9.17) is 10.2 Å². The Labute approximate surface area is 114 Å². The highest BCUT2D eigenvalue weighted by molar-refractivity contribution is 7.98. The van der Waals surface area contributed by atoms with Crippen LogP contribution in [0.1, 0.15) is 21.9 Å². The van der Waals surface area contributed by atoms with Crippen molar-refractivity contribution in [3.05, 3.63) is 35.5 Å². The molecule has 2 N–H and O–H groups in total. The van der Waals surface area contributed by atoms with Gasteiger partial charge in [-0.1, -0.05) is 11.8 Å². The molecule has 7 heteroatoms. The lowest BCUT2D eigenvalue weighted by Gasteiger charge is -2.00. The number of thioether (sulfide) groups is 1. The van der Waals surface area contributed by atoms with Crippen LogP contribution in [0.4, 0.5) is 5.82 Å². The number of nitrogen functional groups attached to an aromatic ring is 1. The summed E-state index contributed by atoms with van der Waals surface area (Å²) in [5.74, 6) is 1.68. The number of aromatic nitrogens is 2. The number of nitrogens with zero attached hydrogens (tertiary/aromatic N) is 2. The maximum atomic E-state index is 11.4. The van der Waals surface area contributed by atoms with Crippen LogP contribution in [0.25, 0.3) is 0 Å². The predicted molar refractivity (Wildman–Crippen MR) is 70.8 cm³/mol. The van der Waals surface area contributed by atoms with Crippen LogP contribution in [-0.4, -0.2) is 23.0 Å². The van der Waals surface area contributed by atoms with Crippen molar-refractivity contribution in [1.82, 2.24) is 9.97 Å². The molecule has 0 bridgehead atoms. The average Bonchev–Trinajstić information content (AvgIpc) is 2.78. The average molecular weight is 279 g/mol. The van der Waals surface area contributed by atoms with Gasteiger partial charge in [0.1, 0.15) is 22.1 Å². The van der Waals surface area contributed by atoms with Crippen LogP contribution in [0.5, 0.6) is 0 Å². The Hall–Kier alpha value is -2.02. The SMILES string of the molecule is COC(=O)c1cc(CSc2nccnc2N)oc1C. The Morgan fingerprint density at radius 1 is 1.47 bits per heavy atom. The van der Waals surface area contributed by atoms with Crippen molar-refractivity contribution in [2.45, 2.75) is 17.7 Å². The molecule has 100 valence electrons. The first-order chi connectivity index (χ1) is 9.11. The molecule has 0 aliphatic rings. The molecule has 0 aromatic carbocycles. The molecule has 2 heterocycles. The van der Waals surface area contributed by atoms with Crippen molar-refractivity contribution in [3.63, 3.8) is 0 Å². The Balaban J connectivity index is 2.09. The van der Waals surface area contributed by atoms with Crippen LogP contribution in [0.15, 0.2) is 27.9 Å². The number of anilines is 1. The standard InChI is InChI=1S/C12H13N3O3S/c1-7-9(12(16)17-2)5-8(18-7)6-19-11-10(13)14-3-4-15-11/h3-5H,6H2,1-2H3,(H2,13,14). The molecule has 2 rings (SSSR count). The molecule has 0 saturated carbocycles. The number of furan rings is 1. The molecule has 0 aliphatic heterocycles. The van der Waals surface area contributed by atoms with Gasteiger partial charge in [-0.25, -0.2) is 14.8 Å². The number of hydrogen-bond donors (Lipinski definition) is 1. The molecule has 2 aromatic heterocycles. The molecule has 0 aliphatic carbocycles. The van der Waals surface area contributed by atoms with Gasteiger partial charge in [-0.2, -0.15) is 0 Å². The zero-order valence-corrected chi connectivity index (χ0v) is 11.4. The second-order valence-electron chi connectivity index (χ2n) is 3.71. The van der Waals surface area contributed by atoms with E-state index in [-0.39, 0.29) is 0 Å². The smallest absolute Gasteiger partial charge is 0.341 e. The van der Waals surface area contributed by atoms with E-state index in [2.05, 4.69) is 14.7 Å². The molecule has 2 aromatic rings. The van der Waals surface area contributed by atoms with E-state index < -0.39 is 5.97 Å². The number of rotatable bonds is 4. The summed E-state index contributed by atoms with van der Waals surface area (Å²) in [6.07, 6.45) is 3.11. The number of esters is 1. The topological polar surface area (TPSA) is 91.2 Å². The maximum absolute atomic E-state index is 11.4. The highest BCUT2D eigenvalue weighted by Crippen LogP contribution is 2.26. The van der Waals surface area contributed by atoms with E-state index in [0.29, 0.717) is 33.7 Å². The van der Waals surface area contributed by atoms with E-state index in [1.165, 1.54) is 25.1 Å². The van der Waals surface area contributed by atoms with Crippen molar-refractivity contribution >= 4 is 23.5 Å². The highest BCUT2D eigenvalue weighted by atomic mass is 32.2. The van der Waals surface area contributed by atoms with Crippen LogP contribution in [0.2, 0.25) is 0 Å². The summed E-state index contributed by atoms with van der Waals surface area (Å²) in [5.41, 5.74) is 6.13. The lowest BCUT2D eigenvalue weighted by molar-refractivity contribution is 0.0599. The summed E-state index contributed by atoms with van der Waals surface area (Å²) >= 11 is 1.40. The molecule has 0 atom stereocenters. The predicted octanol–water partition coefficient (Wildman–Crippen LogP) is 2.04. The molecule has 0 amide bonds. The van der Waals surface area contributed by atoms with Crippen LogP contribution in [0.3, 0.4) is 0 Å². The molecule has 0 radical (unpaired) electrons. The van der Waals surface area contributed by atoms with Gasteiger partial charge in [0.2, 0.25) is 0 Å². The Bertz CT molecular complexity index is 598. The fourth-order valence-electron chi connectivity index (χ4n) is 1.51. The van der Waals surface area contributed by atoms with E-state index in [0.717, 1.165) is 0 Å². The molecule has 0 spiro atoms. The highest BCUT2D eigenvalue weighted by Gasteiger charge is 2.15. The molecule has 0 fully saturated rings. The number of methoxy groups -OCH3 is 1. The van der Waals surface area contributed by atoms with Crippen LogP contribution < -0.4 is 5.73 Å². The third kappa shape index (κ3) is 3.05. The van der Waals surface area contributed by atoms with Gasteiger partial charge < -0.3 is 14.9 Å². The molecule has 0 unspecified atom stereocenters. The fraction of sp³-hybridized carbons (Fsp3) is 0.250. The van der Waals surface area contributed by atoms with Gasteiger partial charge in [0.25, 0.3) is 0 Å². The van der Waals surface area contributed by atoms with E-state index in [1.807, 2.05) is 0 Å². The summed E-state index contributed by atoms with van der Waals surface area (Å²) < 4.78 is 10.2. The number of carbonyl (C=O) groups excluding carboxylic acids is 1. The van der Waals surface area contributed by atoms with Gasteiger partial charge in [-0.3, -0.25) is 0 Å². The quantitative estimate of drug-likeness (QED) is 0.676. The van der Waals surface area contributed by atoms with E-state index in [1.54, 1.807) is 19.2 Å². The lowest BCUT2D eigenvalue weighted by atomic mass is 10.2. The summed E-state index contributed by atoms with van der Waals surface area (Å²) in [6, 6.07) is 1.67. The summed E-state index contributed by atoms with van der Waals surface area (Å²) in [7, 11) is 1.34. The first kappa shape index (κ1) is 13.4. The Morgan fingerprint density at radius 2 is 2.21 bits per heavy atom. The summed E-state index contributed by atoms with van der Waals surface area (Å²) in [4.78, 5) is 19.5. The van der Waals surface area contributed by atoms with Gasteiger partial charge in [-0.15, -0.1) is 0 Å². The Kier molecular flexibility index (Phi) is 4.06. The van der Waals surface area contributed by atoms with Crippen molar-refractivity contribution in [3.8, 4) is 0 Å². The molecular formula is C12H13N3O3S. The molecular weight excluding hydrogens is 266 g/mol. The zero-order chi connectivity index (χ0) is 13.8. The number of aryl methyl sites for hydroxylation is 1. The molecule has 19 heavy (non-hydrogen) atoms. The largest absolute Gasteiger partial charge is 0.465 e. The Morgan fingerprint density at radius 3 is 2.89 bits per heavy atom. The molecule has 6 nitrogen and oxygen atoms in total. The maximum Gasteiger partial charge on any atom is 0.341 e. The minimum Gasteiger partial charge on any atom is -0.465 e. The van der Waals surface area contributed by atoms with Crippen molar-refractivity contribution < 1.29 is 13.9 Å². The van der Waals surface area contributed by atoms with E-state index >= 15 is 0 Å². The second-order valence-corrected chi connectivity index (χ2v) is 4.67. The van der Waals surface area contributed by atoms with Crippen molar-refractivity contribution in [2.75, 3.05) is 12.8 Å². The first-order valence-corrected chi connectivity index (χ1v) is 6.47. The third-order valence-corrected chi connectivity index (χ3v) is 3.43. The zero-order valence-electron chi connectivity index (χ0n) is 10.5. The summed E-state index contributed by atoms with van der Waals surface area (Å²) in [6.45, 7) is 1.72. The first-order valence-electron chi connectivity index (χ1n) is 5.48. The fourth-order valence-corrected chi connectivity index (χ4v) is 2.27. The normalized spacial score (nSPS) is 10.4. The lowest BCUT2D eigenvalue weighted by Crippen LogP contribution is -2.00. The number of nitrogens with two attached hydrogens (primary N) is 1. The summed E-state index contributed by atoms with van der Waals surface area (Å²) in [5, 5.41) is 0.635. The monoisotopic (exact) mass is 279 g/mol. The second kappa shape index (κ2) is 5.75. The van der Waals surface area contributed by atoms with E-state index in [9.17, 15) is 4.79 Å². The number of carbonyl (C=O) groups is 1. The van der Waals surface area contributed by atoms with Crippen LogP contribution in [-0.2, 0) is 10.5 Å². The van der Waals surface area contributed by atoms with Gasteiger partial charge in [0.05, 0.1) is 12.9 Å². The van der Waals surface area contributed by atoms with Gasteiger partial charge in [-0.05, 0) is 13.0 Å². The number of ether oxygens (including phenoxy) is 1. The van der Waals surface area contributed by atoms with Crippen molar-refractivity contribution in [1.29, 1.82) is 0 Å². The molecule has 0 saturated heterocycles. The van der Waals surface area contributed by atoms with Gasteiger partial charge >= 0.3 is 5.97 Å².